The van der Waals surface area contributed by atoms with Crippen molar-refractivity contribution in [2.45, 2.75) is 76.7 Å². The molecule has 0 fully saturated rings. The summed E-state index contributed by atoms with van der Waals surface area (Å²) in [6, 6.07) is 20.7. The van der Waals surface area contributed by atoms with E-state index in [-0.39, 0.29) is 5.04 Å². The van der Waals surface area contributed by atoms with Crippen LogP contribution in [0.25, 0.3) is 0 Å². The maximum absolute atomic E-state index is 12.2. The summed E-state index contributed by atoms with van der Waals surface area (Å²) in [5, 5.41) is 10.9. The first kappa shape index (κ1) is 24.6. The molecule has 0 radical (unpaired) electrons. The van der Waals surface area contributed by atoms with Gasteiger partial charge >= 0.3 is 0 Å². The Bertz CT molecular complexity index is 686. The summed E-state index contributed by atoms with van der Waals surface area (Å²) in [7, 11) is -2.86. The molecule has 0 spiro atoms. The molecular weight excluding hydrogens is 384 g/mol. The van der Waals surface area contributed by atoms with Gasteiger partial charge in [0.05, 0.1) is 0 Å². The maximum Gasteiger partial charge on any atom is 0.258 e. The highest BCUT2D eigenvalue weighted by molar-refractivity contribution is 6.98. The van der Waals surface area contributed by atoms with Crippen LogP contribution in [-0.2, 0) is 0 Å². The summed E-state index contributed by atoms with van der Waals surface area (Å²) in [5.41, 5.74) is 0. The van der Waals surface area contributed by atoms with E-state index in [9.17, 15) is 4.80 Å². The Hall–Kier alpha value is -1.68. The van der Waals surface area contributed by atoms with E-state index in [1.165, 1.54) is 19.3 Å². The number of aliphatic hydroxyl groups excluding tert-OH is 1. The molecule has 30 heavy (non-hydrogen) atoms. The molecule has 2 nitrogen and oxygen atoms in total. The highest BCUT2D eigenvalue weighted by atomic mass is 28.4. The number of rotatable bonds is 14. The Morgan fingerprint density at radius 1 is 0.700 bits per heavy atom. The molecule has 3 heteroatoms. The zero-order chi connectivity index (χ0) is 21.7. The van der Waals surface area contributed by atoms with Crippen molar-refractivity contribution >= 4 is 18.7 Å². The number of hydrogen-bond donors (Lipinski definition) is 2. The lowest BCUT2D eigenvalue weighted by molar-refractivity contribution is 0.285. The van der Waals surface area contributed by atoms with Crippen molar-refractivity contribution < 1.29 is 9.90 Å². The molecule has 0 aliphatic heterocycles. The smallest absolute Gasteiger partial charge is 0.258 e. The van der Waals surface area contributed by atoms with Crippen LogP contribution in [0.5, 0.6) is 0 Å². The van der Waals surface area contributed by atoms with Gasteiger partial charge in [-0.05, 0) is 53.9 Å². The first-order valence-electron chi connectivity index (χ1n) is 11.6. The molecule has 0 amide bonds. The summed E-state index contributed by atoms with van der Waals surface area (Å²) in [4.78, 5) is 12.2. The van der Waals surface area contributed by atoms with Crippen molar-refractivity contribution in [3.05, 3.63) is 72.8 Å². The molecule has 0 aliphatic carbocycles. The molecule has 2 aromatic rings. The van der Waals surface area contributed by atoms with E-state index in [1.54, 1.807) is 0 Å². The van der Waals surface area contributed by atoms with Crippen LogP contribution in [0.2, 0.25) is 5.04 Å². The maximum atomic E-state index is 12.2. The SMILES string of the molecule is CC(C)(CCCCCC/C=C\CCCCO)[Si](O)(c1ccccc1)c1ccccc1. The van der Waals surface area contributed by atoms with E-state index in [1.807, 2.05) is 36.4 Å². The minimum atomic E-state index is -2.86. The van der Waals surface area contributed by atoms with Crippen LogP contribution in [0.1, 0.15) is 71.6 Å². The Balaban J connectivity index is 1.89. The summed E-state index contributed by atoms with van der Waals surface area (Å²) < 4.78 is 0. The Morgan fingerprint density at radius 2 is 1.17 bits per heavy atom. The van der Waals surface area contributed by atoms with Crippen molar-refractivity contribution in [1.82, 2.24) is 0 Å². The topological polar surface area (TPSA) is 40.5 Å². The molecule has 0 heterocycles. The van der Waals surface area contributed by atoms with Gasteiger partial charge in [0.2, 0.25) is 0 Å². The summed E-state index contributed by atoms with van der Waals surface area (Å²) in [6.07, 6.45) is 14.6. The lowest BCUT2D eigenvalue weighted by Crippen LogP contribution is -2.65. The predicted molar refractivity (Wildman–Crippen MR) is 132 cm³/mol. The van der Waals surface area contributed by atoms with Gasteiger partial charge in [0.15, 0.2) is 0 Å². The Kier molecular flexibility index (Phi) is 10.6. The molecule has 2 N–H and O–H groups in total. The van der Waals surface area contributed by atoms with Crippen LogP contribution in [0.15, 0.2) is 72.8 Å². The number of hydrogen-bond acceptors (Lipinski definition) is 2. The molecule has 0 atom stereocenters. The highest BCUT2D eigenvalue weighted by Crippen LogP contribution is 2.40. The number of aliphatic hydroxyl groups is 1. The molecule has 0 saturated heterocycles. The van der Waals surface area contributed by atoms with Crippen molar-refractivity contribution in [3.8, 4) is 0 Å². The lowest BCUT2D eigenvalue weighted by Gasteiger charge is -2.41. The minimum Gasteiger partial charge on any atom is -0.424 e. The summed E-state index contributed by atoms with van der Waals surface area (Å²) in [5.74, 6) is 0. The fraction of sp³-hybridized carbons (Fsp3) is 0.481. The first-order valence-corrected chi connectivity index (χ1v) is 13.6. The van der Waals surface area contributed by atoms with Crippen molar-refractivity contribution in [3.63, 3.8) is 0 Å². The number of allylic oxidation sites excluding steroid dienone is 2. The Labute approximate surface area is 184 Å². The van der Waals surface area contributed by atoms with Gasteiger partial charge in [-0.3, -0.25) is 0 Å². The third kappa shape index (κ3) is 6.94. The molecule has 0 aliphatic rings. The molecule has 0 aromatic heterocycles. The zero-order valence-corrected chi connectivity index (χ0v) is 19.9. The molecular formula is C27H40O2Si. The largest absolute Gasteiger partial charge is 0.424 e. The number of unbranched alkanes of at least 4 members (excludes halogenated alkanes) is 6. The molecule has 0 unspecified atom stereocenters. The second kappa shape index (κ2) is 12.9. The second-order valence-electron chi connectivity index (χ2n) is 8.97. The van der Waals surface area contributed by atoms with E-state index in [0.717, 1.165) is 48.9 Å². The first-order chi connectivity index (χ1) is 14.5. The van der Waals surface area contributed by atoms with E-state index in [4.69, 9.17) is 5.11 Å². The van der Waals surface area contributed by atoms with Crippen LogP contribution < -0.4 is 10.4 Å². The molecule has 0 bridgehead atoms. The fourth-order valence-corrected chi connectivity index (χ4v) is 8.06. The van der Waals surface area contributed by atoms with Gasteiger partial charge in [-0.1, -0.05) is 106 Å². The zero-order valence-electron chi connectivity index (χ0n) is 18.9. The summed E-state index contributed by atoms with van der Waals surface area (Å²) in [6.45, 7) is 4.82. The van der Waals surface area contributed by atoms with Crippen molar-refractivity contribution in [2.75, 3.05) is 6.61 Å². The fourth-order valence-electron chi connectivity index (χ4n) is 4.28. The van der Waals surface area contributed by atoms with E-state index >= 15 is 0 Å². The average molecular weight is 425 g/mol. The highest BCUT2D eigenvalue weighted by Gasteiger charge is 2.49. The van der Waals surface area contributed by atoms with Crippen molar-refractivity contribution in [1.29, 1.82) is 0 Å². The average Bonchev–Trinajstić information content (AvgIpc) is 2.78. The van der Waals surface area contributed by atoms with E-state index < -0.39 is 8.32 Å². The third-order valence-corrected chi connectivity index (χ3v) is 10.8. The van der Waals surface area contributed by atoms with Crippen LogP contribution in [-0.4, -0.2) is 24.8 Å². The van der Waals surface area contributed by atoms with Crippen molar-refractivity contribution in [2.24, 2.45) is 0 Å². The van der Waals surface area contributed by atoms with Crippen LogP contribution in [0.3, 0.4) is 0 Å². The van der Waals surface area contributed by atoms with E-state index in [2.05, 4.69) is 50.3 Å². The standard InChI is InChI=1S/C27H40O2Si/c1-27(2,23-17-9-7-5-3-4-6-8-10-18-24-28)30(29,25-19-13-11-14-20-25)26-21-15-12-16-22-26/h4,6,11-16,19-22,28-29H,3,5,7-10,17-18,23-24H2,1-2H3/b6-4-. The number of benzene rings is 2. The van der Waals surface area contributed by atoms with E-state index in [0.29, 0.717) is 6.61 Å². The molecule has 164 valence electrons. The summed E-state index contributed by atoms with van der Waals surface area (Å²) >= 11 is 0. The Morgan fingerprint density at radius 3 is 1.67 bits per heavy atom. The molecule has 2 rings (SSSR count). The third-order valence-electron chi connectivity index (χ3n) is 6.23. The lowest BCUT2D eigenvalue weighted by atomic mass is 10.0. The van der Waals surface area contributed by atoms with Gasteiger partial charge < -0.3 is 9.90 Å². The minimum absolute atomic E-state index is 0.137. The quantitative estimate of drug-likeness (QED) is 0.236. The van der Waals surface area contributed by atoms with Crippen LogP contribution in [0, 0.1) is 0 Å². The van der Waals surface area contributed by atoms with Gasteiger partial charge in [-0.2, -0.15) is 0 Å². The molecule has 0 saturated carbocycles. The predicted octanol–water partition coefficient (Wildman–Crippen LogP) is 5.58. The van der Waals surface area contributed by atoms with Crippen LogP contribution in [0.4, 0.5) is 0 Å². The van der Waals surface area contributed by atoms with Gasteiger partial charge in [-0.15, -0.1) is 0 Å². The van der Waals surface area contributed by atoms with Gasteiger partial charge in [0.25, 0.3) is 8.32 Å². The van der Waals surface area contributed by atoms with Gasteiger partial charge in [-0.25, -0.2) is 0 Å². The second-order valence-corrected chi connectivity index (χ2v) is 12.9. The van der Waals surface area contributed by atoms with Crippen LogP contribution >= 0.6 is 0 Å². The monoisotopic (exact) mass is 424 g/mol. The van der Waals surface area contributed by atoms with Gasteiger partial charge in [0, 0.05) is 6.61 Å². The molecule has 2 aromatic carbocycles. The van der Waals surface area contributed by atoms with Gasteiger partial charge in [0.1, 0.15) is 0 Å². The normalized spacial score (nSPS) is 12.5.